The Morgan fingerprint density at radius 3 is 2.56 bits per heavy atom. The Balaban J connectivity index is 1.53. The van der Waals surface area contributed by atoms with Crippen molar-refractivity contribution in [1.82, 2.24) is 15.0 Å². The molecule has 36 heavy (non-hydrogen) atoms. The molecule has 1 aliphatic heterocycles. The molecule has 1 fully saturated rings. The van der Waals surface area contributed by atoms with Gasteiger partial charge in [-0.1, -0.05) is 54.7 Å². The van der Waals surface area contributed by atoms with Crippen LogP contribution in [0, 0.1) is 9.49 Å². The molecular weight excluding hydrogens is 581 g/mol. The molecule has 1 N–H and O–H groups in total. The number of hydrogen-bond acceptors (Lipinski definition) is 5. The van der Waals surface area contributed by atoms with Crippen molar-refractivity contribution in [1.29, 1.82) is 0 Å². The van der Waals surface area contributed by atoms with Crippen LogP contribution in [0.1, 0.15) is 31.0 Å². The minimum Gasteiger partial charge on any atom is -0.497 e. The number of rotatable bonds is 11. The molecule has 1 aliphatic rings. The highest BCUT2D eigenvalue weighted by Gasteiger charge is 2.50. The smallest absolute Gasteiger partial charge is 0.118 e. The molecule has 3 aromatic rings. The van der Waals surface area contributed by atoms with Gasteiger partial charge in [0, 0.05) is 29.3 Å². The SMILES string of the molecule is COc1ccc([Si](C)(C)[C@@H]2[C@@H](C)[C@@H](CCc3cccc(I)c3)O[C@H]2CCn2cc(CCO)nn2)cc1. The number of halogens is 1. The van der Waals surface area contributed by atoms with Crippen LogP contribution in [0.5, 0.6) is 5.75 Å². The second-order valence-corrected chi connectivity index (χ2v) is 16.4. The van der Waals surface area contributed by atoms with Gasteiger partial charge in [0.15, 0.2) is 0 Å². The lowest BCUT2D eigenvalue weighted by Crippen LogP contribution is -2.50. The molecular formula is C28H38IN3O3Si. The van der Waals surface area contributed by atoms with Crippen molar-refractivity contribution < 1.29 is 14.6 Å². The molecule has 0 radical (unpaired) electrons. The van der Waals surface area contributed by atoms with Gasteiger partial charge in [0.25, 0.3) is 0 Å². The fraction of sp³-hybridized carbons (Fsp3) is 0.500. The van der Waals surface area contributed by atoms with E-state index < -0.39 is 8.07 Å². The molecule has 0 bridgehead atoms. The zero-order chi connectivity index (χ0) is 25.7. The summed E-state index contributed by atoms with van der Waals surface area (Å²) in [6, 6.07) is 17.5. The normalized spacial score (nSPS) is 22.2. The monoisotopic (exact) mass is 619 g/mol. The Hall–Kier alpha value is -1.75. The van der Waals surface area contributed by atoms with Gasteiger partial charge >= 0.3 is 0 Å². The van der Waals surface area contributed by atoms with Gasteiger partial charge in [0.2, 0.25) is 0 Å². The van der Waals surface area contributed by atoms with E-state index in [0.29, 0.717) is 17.9 Å². The van der Waals surface area contributed by atoms with Crippen LogP contribution < -0.4 is 9.92 Å². The van der Waals surface area contributed by atoms with E-state index in [1.807, 2.05) is 10.9 Å². The summed E-state index contributed by atoms with van der Waals surface area (Å²) in [5.74, 6) is 1.37. The zero-order valence-electron chi connectivity index (χ0n) is 21.7. The second kappa shape index (κ2) is 12.2. The largest absolute Gasteiger partial charge is 0.497 e. The molecule has 0 saturated carbocycles. The van der Waals surface area contributed by atoms with Gasteiger partial charge in [0.05, 0.1) is 33.1 Å². The van der Waals surface area contributed by atoms with E-state index in [1.165, 1.54) is 14.3 Å². The number of aliphatic hydroxyl groups is 1. The van der Waals surface area contributed by atoms with Gasteiger partial charge in [-0.15, -0.1) is 5.10 Å². The van der Waals surface area contributed by atoms with Gasteiger partial charge in [-0.25, -0.2) is 0 Å². The number of benzene rings is 2. The quantitative estimate of drug-likeness (QED) is 0.246. The third kappa shape index (κ3) is 6.38. The van der Waals surface area contributed by atoms with Crippen LogP contribution in [0.15, 0.2) is 54.7 Å². The first-order valence-electron chi connectivity index (χ1n) is 12.9. The van der Waals surface area contributed by atoms with E-state index in [9.17, 15) is 5.11 Å². The first-order valence-corrected chi connectivity index (χ1v) is 17.0. The molecule has 2 heterocycles. The van der Waals surface area contributed by atoms with Crippen molar-refractivity contribution in [2.45, 2.75) is 70.0 Å². The van der Waals surface area contributed by atoms with E-state index in [2.05, 4.69) is 101 Å². The molecule has 4 atom stereocenters. The van der Waals surface area contributed by atoms with Gasteiger partial charge in [0.1, 0.15) is 5.75 Å². The standard InChI is InChI=1S/C28H38IN3O3Si/c1-20-26(13-8-21-6-5-7-22(29)18-21)35-27(14-16-32-19-23(15-17-33)30-31-32)28(20)36(3,4)25-11-9-24(34-2)10-12-25/h5-7,9-12,18-20,26-28,33H,8,13-17H2,1-4H3/t20-,26+,27-,28+/m0/s1. The predicted octanol–water partition coefficient (Wildman–Crippen LogP) is 4.84. The van der Waals surface area contributed by atoms with Crippen molar-refractivity contribution >= 4 is 35.9 Å². The maximum Gasteiger partial charge on any atom is 0.118 e. The van der Waals surface area contributed by atoms with Crippen LogP contribution in [0.3, 0.4) is 0 Å². The summed E-state index contributed by atoms with van der Waals surface area (Å²) in [7, 11) is -0.156. The summed E-state index contributed by atoms with van der Waals surface area (Å²) in [6.45, 7) is 8.24. The van der Waals surface area contributed by atoms with Crippen molar-refractivity contribution in [3.05, 3.63) is 69.6 Å². The van der Waals surface area contributed by atoms with Crippen LogP contribution in [0.4, 0.5) is 0 Å². The predicted molar refractivity (Wildman–Crippen MR) is 155 cm³/mol. The summed E-state index contributed by atoms with van der Waals surface area (Å²) in [5.41, 5.74) is 2.70. The fourth-order valence-corrected chi connectivity index (χ4v) is 10.6. The summed E-state index contributed by atoms with van der Waals surface area (Å²) >= 11 is 2.39. The Kier molecular flexibility index (Phi) is 9.24. The fourth-order valence-electron chi connectivity index (χ4n) is 5.85. The maximum absolute atomic E-state index is 9.20. The lowest BCUT2D eigenvalue weighted by molar-refractivity contribution is 0.0249. The number of nitrogens with zero attached hydrogens (tertiary/aromatic N) is 3. The first-order chi connectivity index (χ1) is 17.3. The molecule has 0 spiro atoms. The Bertz CT molecular complexity index is 1120. The number of aryl methyl sites for hydroxylation is 2. The lowest BCUT2D eigenvalue weighted by Gasteiger charge is -2.36. The van der Waals surface area contributed by atoms with Crippen LogP contribution in [-0.2, 0) is 24.1 Å². The molecule has 4 rings (SSSR count). The minimum absolute atomic E-state index is 0.0911. The number of aromatic nitrogens is 3. The van der Waals surface area contributed by atoms with Crippen molar-refractivity contribution in [2.75, 3.05) is 13.7 Å². The van der Waals surface area contributed by atoms with E-state index in [4.69, 9.17) is 9.47 Å². The Labute approximate surface area is 229 Å². The molecule has 0 aliphatic carbocycles. The van der Waals surface area contributed by atoms with Gasteiger partial charge < -0.3 is 14.6 Å². The Morgan fingerprint density at radius 1 is 1.08 bits per heavy atom. The van der Waals surface area contributed by atoms with Crippen LogP contribution in [0.25, 0.3) is 0 Å². The lowest BCUT2D eigenvalue weighted by atomic mass is 9.95. The highest BCUT2D eigenvalue weighted by atomic mass is 127. The number of methoxy groups -OCH3 is 1. The van der Waals surface area contributed by atoms with Crippen molar-refractivity contribution in [3.8, 4) is 5.75 Å². The molecule has 1 aromatic heterocycles. The van der Waals surface area contributed by atoms with E-state index >= 15 is 0 Å². The third-order valence-electron chi connectivity index (χ3n) is 7.77. The van der Waals surface area contributed by atoms with E-state index in [0.717, 1.165) is 37.3 Å². The summed E-state index contributed by atoms with van der Waals surface area (Å²) in [5, 5.41) is 19.1. The maximum atomic E-state index is 9.20. The molecule has 1 saturated heterocycles. The molecule has 8 heteroatoms. The highest BCUT2D eigenvalue weighted by Crippen LogP contribution is 2.46. The number of ether oxygens (including phenoxy) is 2. The molecule has 2 aromatic carbocycles. The molecule has 0 unspecified atom stereocenters. The van der Waals surface area contributed by atoms with Gasteiger partial charge in [-0.3, -0.25) is 4.68 Å². The van der Waals surface area contributed by atoms with Crippen molar-refractivity contribution in [3.63, 3.8) is 0 Å². The van der Waals surface area contributed by atoms with Crippen molar-refractivity contribution in [2.24, 2.45) is 5.92 Å². The first kappa shape index (κ1) is 27.3. The van der Waals surface area contributed by atoms with E-state index in [1.54, 1.807) is 7.11 Å². The molecule has 6 nitrogen and oxygen atoms in total. The van der Waals surface area contributed by atoms with Gasteiger partial charge in [-0.2, -0.15) is 0 Å². The Morgan fingerprint density at radius 2 is 1.86 bits per heavy atom. The number of aliphatic hydroxyl groups excluding tert-OH is 1. The van der Waals surface area contributed by atoms with E-state index in [-0.39, 0.29) is 18.8 Å². The third-order valence-corrected chi connectivity index (χ3v) is 12.8. The van der Waals surface area contributed by atoms with Crippen LogP contribution in [0.2, 0.25) is 18.6 Å². The summed E-state index contributed by atoms with van der Waals surface area (Å²) < 4.78 is 15.5. The summed E-state index contributed by atoms with van der Waals surface area (Å²) in [4.78, 5) is 0. The summed E-state index contributed by atoms with van der Waals surface area (Å²) in [6.07, 6.45) is 5.87. The second-order valence-electron chi connectivity index (χ2n) is 10.5. The van der Waals surface area contributed by atoms with Crippen LogP contribution in [-0.4, -0.2) is 54.1 Å². The average Bonchev–Trinajstić information content (AvgIpc) is 3.45. The average molecular weight is 620 g/mol. The highest BCUT2D eigenvalue weighted by molar-refractivity contribution is 14.1. The zero-order valence-corrected chi connectivity index (χ0v) is 24.9. The van der Waals surface area contributed by atoms with Gasteiger partial charge in [-0.05, 0) is 83.1 Å². The molecule has 0 amide bonds. The number of hydrogen-bond donors (Lipinski definition) is 1. The minimum atomic E-state index is -1.87. The molecule has 194 valence electrons. The topological polar surface area (TPSA) is 69.4 Å². The van der Waals surface area contributed by atoms with Crippen LogP contribution >= 0.6 is 22.6 Å².